The fourth-order valence-electron chi connectivity index (χ4n) is 3.73. The van der Waals surface area contributed by atoms with Crippen LogP contribution in [0.1, 0.15) is 37.0 Å². The maximum atomic E-state index is 10.6. The smallest absolute Gasteiger partial charge is 0.191 e. The van der Waals surface area contributed by atoms with Crippen LogP contribution in [0.25, 0.3) is 0 Å². The molecule has 1 aliphatic heterocycles. The van der Waals surface area contributed by atoms with E-state index < -0.39 is 6.10 Å². The molecule has 1 unspecified atom stereocenters. The van der Waals surface area contributed by atoms with Crippen LogP contribution >= 0.6 is 35.3 Å². The molecular formula is C23H35IN4O3S. The van der Waals surface area contributed by atoms with Crippen LogP contribution in [0.2, 0.25) is 0 Å². The van der Waals surface area contributed by atoms with Crippen LogP contribution in [0.15, 0.2) is 40.0 Å². The molecule has 178 valence electrons. The zero-order chi connectivity index (χ0) is 22.1. The number of ether oxygens (including phenoxy) is 2. The first kappa shape index (κ1) is 26.7. The number of thiophene rings is 1. The molecule has 3 N–H and O–H groups in total. The molecular weight excluding hydrogens is 539 g/mol. The number of nitrogens with one attached hydrogen (secondary N) is 2. The monoisotopic (exact) mass is 574 g/mol. The molecule has 1 aromatic carbocycles. The fourth-order valence-corrected chi connectivity index (χ4v) is 4.39. The molecule has 0 radical (unpaired) electrons. The van der Waals surface area contributed by atoms with Gasteiger partial charge in [-0.25, -0.2) is 0 Å². The summed E-state index contributed by atoms with van der Waals surface area (Å²) in [5.41, 5.74) is 2.15. The molecule has 0 saturated carbocycles. The molecule has 7 nitrogen and oxygen atoms in total. The topological polar surface area (TPSA) is 78.4 Å². The highest BCUT2D eigenvalue weighted by molar-refractivity contribution is 14.0. The van der Waals surface area contributed by atoms with E-state index in [9.17, 15) is 5.11 Å². The molecule has 1 fully saturated rings. The molecule has 0 bridgehead atoms. The van der Waals surface area contributed by atoms with Crippen LogP contribution < -0.4 is 20.1 Å². The number of methoxy groups -OCH3 is 2. The first-order valence-electron chi connectivity index (χ1n) is 10.8. The number of hydrogen-bond acceptors (Lipinski definition) is 6. The van der Waals surface area contributed by atoms with Gasteiger partial charge in [0.1, 0.15) is 0 Å². The van der Waals surface area contributed by atoms with Gasteiger partial charge in [0.25, 0.3) is 0 Å². The lowest BCUT2D eigenvalue weighted by atomic mass is 10.0. The molecule has 0 spiro atoms. The van der Waals surface area contributed by atoms with Crippen LogP contribution in [0.5, 0.6) is 11.5 Å². The third-order valence-corrected chi connectivity index (χ3v) is 6.21. The Hall–Kier alpha value is -1.56. The number of aliphatic hydroxyl groups excluding tert-OH is 1. The Balaban J connectivity index is 0.00000363. The molecule has 1 aromatic heterocycles. The second-order valence-electron chi connectivity index (χ2n) is 7.68. The van der Waals surface area contributed by atoms with Gasteiger partial charge in [0.2, 0.25) is 0 Å². The Morgan fingerprint density at radius 2 is 1.97 bits per heavy atom. The van der Waals surface area contributed by atoms with Crippen LogP contribution in [0.3, 0.4) is 0 Å². The lowest BCUT2D eigenvalue weighted by Gasteiger charge is -2.33. The SMILES string of the molecule is CCNC(=NCC(O)c1ccc(OC)c(OC)c1)NC1CCN(Cc2ccsc2)CC1.I. The van der Waals surface area contributed by atoms with Crippen molar-refractivity contribution in [1.82, 2.24) is 15.5 Å². The van der Waals surface area contributed by atoms with Crippen molar-refractivity contribution in [2.45, 2.75) is 38.5 Å². The third kappa shape index (κ3) is 7.79. The van der Waals surface area contributed by atoms with Crippen molar-refractivity contribution in [2.24, 2.45) is 4.99 Å². The third-order valence-electron chi connectivity index (χ3n) is 5.47. The second kappa shape index (κ2) is 13.9. The molecule has 3 rings (SSSR count). The van der Waals surface area contributed by atoms with Crippen LogP contribution in [-0.4, -0.2) is 62.4 Å². The van der Waals surface area contributed by atoms with E-state index in [1.54, 1.807) is 37.7 Å². The minimum Gasteiger partial charge on any atom is -0.493 e. The Morgan fingerprint density at radius 1 is 1.22 bits per heavy atom. The number of benzene rings is 1. The summed E-state index contributed by atoms with van der Waals surface area (Å²) in [5, 5.41) is 21.8. The highest BCUT2D eigenvalue weighted by Gasteiger charge is 2.20. The van der Waals surface area contributed by atoms with Crippen LogP contribution in [0, 0.1) is 0 Å². The zero-order valence-electron chi connectivity index (χ0n) is 19.0. The highest BCUT2D eigenvalue weighted by atomic mass is 127. The summed E-state index contributed by atoms with van der Waals surface area (Å²) in [6, 6.07) is 8.02. The van der Waals surface area contributed by atoms with Crippen molar-refractivity contribution in [3.05, 3.63) is 46.2 Å². The van der Waals surface area contributed by atoms with E-state index in [0.717, 1.165) is 50.5 Å². The molecule has 32 heavy (non-hydrogen) atoms. The Kier molecular flexibility index (Phi) is 11.6. The summed E-state index contributed by atoms with van der Waals surface area (Å²) in [4.78, 5) is 7.13. The molecule has 1 saturated heterocycles. The number of piperidine rings is 1. The van der Waals surface area contributed by atoms with Gasteiger partial charge in [-0.3, -0.25) is 9.89 Å². The van der Waals surface area contributed by atoms with Crippen molar-refractivity contribution in [3.8, 4) is 11.5 Å². The fraction of sp³-hybridized carbons (Fsp3) is 0.522. The average molecular weight is 575 g/mol. The van der Waals surface area contributed by atoms with E-state index in [0.29, 0.717) is 17.5 Å². The number of halogens is 1. The molecule has 2 heterocycles. The Labute approximate surface area is 212 Å². The van der Waals surface area contributed by atoms with Gasteiger partial charge in [0.05, 0.1) is 26.9 Å². The van der Waals surface area contributed by atoms with E-state index in [1.807, 2.05) is 13.0 Å². The van der Waals surface area contributed by atoms with Gasteiger partial charge in [0.15, 0.2) is 17.5 Å². The maximum absolute atomic E-state index is 10.6. The van der Waals surface area contributed by atoms with Crippen molar-refractivity contribution < 1.29 is 14.6 Å². The molecule has 9 heteroatoms. The average Bonchev–Trinajstić information content (AvgIpc) is 3.31. The predicted molar refractivity (Wildman–Crippen MR) is 142 cm³/mol. The lowest BCUT2D eigenvalue weighted by Crippen LogP contribution is -2.48. The van der Waals surface area contributed by atoms with Crippen molar-refractivity contribution >= 4 is 41.3 Å². The summed E-state index contributed by atoms with van der Waals surface area (Å²) in [6.07, 6.45) is 1.43. The van der Waals surface area contributed by atoms with Crippen LogP contribution in [-0.2, 0) is 6.54 Å². The number of aliphatic hydroxyl groups is 1. The van der Waals surface area contributed by atoms with Gasteiger partial charge < -0.3 is 25.2 Å². The minimum atomic E-state index is -0.720. The van der Waals surface area contributed by atoms with Gasteiger partial charge >= 0.3 is 0 Å². The van der Waals surface area contributed by atoms with Crippen molar-refractivity contribution in [3.63, 3.8) is 0 Å². The first-order chi connectivity index (χ1) is 15.1. The standard InChI is InChI=1S/C23H34N4O3S.HI/c1-4-24-23(25-14-20(28)18-5-6-21(29-2)22(13-18)30-3)26-19-7-10-27(11-8-19)15-17-9-12-31-16-17;/h5-6,9,12-13,16,19-20,28H,4,7-8,10-11,14-15H2,1-3H3,(H2,24,25,26);1H. The second-order valence-corrected chi connectivity index (χ2v) is 8.46. The summed E-state index contributed by atoms with van der Waals surface area (Å²) in [7, 11) is 3.18. The Morgan fingerprint density at radius 3 is 2.59 bits per heavy atom. The summed E-state index contributed by atoms with van der Waals surface area (Å²) in [5.74, 6) is 1.99. The lowest BCUT2D eigenvalue weighted by molar-refractivity contribution is 0.185. The molecule has 0 amide bonds. The number of rotatable bonds is 9. The summed E-state index contributed by atoms with van der Waals surface area (Å²) < 4.78 is 10.6. The quantitative estimate of drug-likeness (QED) is 0.241. The van der Waals surface area contributed by atoms with Gasteiger partial charge in [-0.15, -0.1) is 24.0 Å². The van der Waals surface area contributed by atoms with E-state index >= 15 is 0 Å². The molecule has 2 aromatic rings. The predicted octanol–water partition coefficient (Wildman–Crippen LogP) is 3.64. The first-order valence-corrected chi connectivity index (χ1v) is 11.8. The van der Waals surface area contributed by atoms with Crippen molar-refractivity contribution in [2.75, 3.05) is 40.4 Å². The zero-order valence-corrected chi connectivity index (χ0v) is 22.2. The van der Waals surface area contributed by atoms with Crippen molar-refractivity contribution in [1.29, 1.82) is 0 Å². The number of nitrogens with zero attached hydrogens (tertiary/aromatic N) is 2. The van der Waals surface area contributed by atoms with E-state index in [4.69, 9.17) is 9.47 Å². The highest BCUT2D eigenvalue weighted by Crippen LogP contribution is 2.30. The number of guanidine groups is 1. The van der Waals surface area contributed by atoms with E-state index in [2.05, 4.69) is 37.4 Å². The molecule has 1 atom stereocenters. The summed E-state index contributed by atoms with van der Waals surface area (Å²) in [6.45, 7) is 6.26. The Bertz CT molecular complexity index is 827. The number of aliphatic imine (C=N–C) groups is 1. The van der Waals surface area contributed by atoms with E-state index in [1.165, 1.54) is 5.56 Å². The maximum Gasteiger partial charge on any atom is 0.191 e. The van der Waals surface area contributed by atoms with E-state index in [-0.39, 0.29) is 30.5 Å². The normalized spacial score (nSPS) is 16.2. The number of likely N-dealkylation sites (tertiary alicyclic amines) is 1. The largest absolute Gasteiger partial charge is 0.493 e. The van der Waals surface area contributed by atoms with Gasteiger partial charge in [-0.1, -0.05) is 6.07 Å². The molecule has 1 aliphatic rings. The van der Waals surface area contributed by atoms with Gasteiger partial charge in [0, 0.05) is 32.2 Å². The summed E-state index contributed by atoms with van der Waals surface area (Å²) >= 11 is 1.76. The van der Waals surface area contributed by atoms with Crippen LogP contribution in [0.4, 0.5) is 0 Å². The minimum absolute atomic E-state index is 0. The van der Waals surface area contributed by atoms with Gasteiger partial charge in [-0.2, -0.15) is 11.3 Å². The molecule has 0 aliphatic carbocycles. The van der Waals surface area contributed by atoms with Gasteiger partial charge in [-0.05, 0) is 59.9 Å². The number of hydrogen-bond donors (Lipinski definition) is 3.